The summed E-state index contributed by atoms with van der Waals surface area (Å²) in [5.41, 5.74) is 6.07. The minimum absolute atomic E-state index is 0.146. The van der Waals surface area contributed by atoms with Crippen LogP contribution in [-0.4, -0.2) is 10.2 Å². The molecule has 4 heteroatoms. The number of halogens is 2. The normalized spacial score (nSPS) is 9.83. The Morgan fingerprint density at radius 1 is 1.58 bits per heavy atom. The summed E-state index contributed by atoms with van der Waals surface area (Å²) in [7, 11) is 0. The van der Waals surface area contributed by atoms with Gasteiger partial charge in [-0.15, -0.1) is 0 Å². The van der Waals surface area contributed by atoms with Crippen molar-refractivity contribution in [3.63, 3.8) is 0 Å². The lowest BCUT2D eigenvalue weighted by Crippen LogP contribution is -2.04. The second kappa shape index (κ2) is 3.84. The second-order valence-corrected chi connectivity index (χ2v) is 3.05. The first kappa shape index (κ1) is 9.44. The lowest BCUT2D eigenvalue weighted by atomic mass is 10.1. The molecule has 12 heavy (non-hydrogen) atoms. The number of anilines is 1. The van der Waals surface area contributed by atoms with Gasteiger partial charge >= 0.3 is 0 Å². The molecule has 0 aliphatic rings. The van der Waals surface area contributed by atoms with Gasteiger partial charge in [0.05, 0.1) is 4.43 Å². The molecular weight excluding hydrogens is 272 g/mol. The van der Waals surface area contributed by atoms with Gasteiger partial charge in [-0.25, -0.2) is 4.39 Å². The van der Waals surface area contributed by atoms with Crippen LogP contribution in [0.2, 0.25) is 0 Å². The van der Waals surface area contributed by atoms with Gasteiger partial charge in [-0.2, -0.15) is 0 Å². The fourth-order valence-corrected chi connectivity index (χ4v) is 1.25. The van der Waals surface area contributed by atoms with Crippen LogP contribution in [0.3, 0.4) is 0 Å². The van der Waals surface area contributed by atoms with Gasteiger partial charge in [0.15, 0.2) is 5.78 Å². The van der Waals surface area contributed by atoms with E-state index in [2.05, 4.69) is 0 Å². The van der Waals surface area contributed by atoms with Crippen molar-refractivity contribution in [2.45, 2.75) is 0 Å². The van der Waals surface area contributed by atoms with Crippen LogP contribution >= 0.6 is 22.6 Å². The summed E-state index contributed by atoms with van der Waals surface area (Å²) in [5.74, 6) is -0.579. The van der Waals surface area contributed by atoms with E-state index in [1.807, 2.05) is 22.6 Å². The van der Waals surface area contributed by atoms with E-state index >= 15 is 0 Å². The molecule has 0 aromatic heterocycles. The van der Waals surface area contributed by atoms with Gasteiger partial charge in [-0.05, 0) is 18.2 Å². The summed E-state index contributed by atoms with van der Waals surface area (Å²) in [6.07, 6.45) is 0. The summed E-state index contributed by atoms with van der Waals surface area (Å²) in [6, 6.07) is 3.80. The third-order valence-corrected chi connectivity index (χ3v) is 2.13. The van der Waals surface area contributed by atoms with Gasteiger partial charge in [0, 0.05) is 11.3 Å². The molecule has 0 aliphatic carbocycles. The number of nitrogen functional groups attached to an aromatic ring is 1. The highest BCUT2D eigenvalue weighted by molar-refractivity contribution is 14.1. The topological polar surface area (TPSA) is 43.1 Å². The Morgan fingerprint density at radius 3 is 2.83 bits per heavy atom. The fourth-order valence-electron chi connectivity index (χ4n) is 0.842. The monoisotopic (exact) mass is 279 g/mol. The Kier molecular flexibility index (Phi) is 3.02. The Morgan fingerprint density at radius 2 is 2.25 bits per heavy atom. The molecule has 0 spiro atoms. The first-order chi connectivity index (χ1) is 5.65. The highest BCUT2D eigenvalue weighted by Gasteiger charge is 2.08. The lowest BCUT2D eigenvalue weighted by molar-refractivity contribution is 0.102. The van der Waals surface area contributed by atoms with Gasteiger partial charge in [0.2, 0.25) is 0 Å². The van der Waals surface area contributed by atoms with Gasteiger partial charge in [0.25, 0.3) is 0 Å². The third-order valence-electron chi connectivity index (χ3n) is 1.44. The van der Waals surface area contributed by atoms with Crippen LogP contribution < -0.4 is 5.73 Å². The SMILES string of the molecule is Nc1ccc(F)cc1C(=O)CI. The number of ketones is 1. The van der Waals surface area contributed by atoms with Gasteiger partial charge in [0.1, 0.15) is 5.82 Å². The Hall–Kier alpha value is -0.650. The second-order valence-electron chi connectivity index (χ2n) is 2.29. The van der Waals surface area contributed by atoms with Crippen molar-refractivity contribution >= 4 is 34.1 Å². The molecule has 0 radical (unpaired) electrons. The Bertz CT molecular complexity index is 314. The molecule has 64 valence electrons. The van der Waals surface area contributed by atoms with E-state index in [4.69, 9.17) is 5.73 Å². The van der Waals surface area contributed by atoms with Crippen LogP contribution in [-0.2, 0) is 0 Å². The molecule has 1 rings (SSSR count). The van der Waals surface area contributed by atoms with Gasteiger partial charge in [-0.3, -0.25) is 4.79 Å². The maximum absolute atomic E-state index is 12.6. The molecule has 0 aliphatic heterocycles. The number of hydrogen-bond donors (Lipinski definition) is 1. The predicted octanol–water partition coefficient (Wildman–Crippen LogP) is 2.03. The van der Waals surface area contributed by atoms with Gasteiger partial charge in [-0.1, -0.05) is 22.6 Å². The number of nitrogens with two attached hydrogens (primary N) is 1. The molecule has 0 amide bonds. The number of carbonyl (C=O) groups is 1. The molecule has 0 fully saturated rings. The van der Waals surface area contributed by atoms with Crippen LogP contribution in [0.25, 0.3) is 0 Å². The molecule has 1 aromatic rings. The first-order valence-corrected chi connectivity index (χ1v) is 4.82. The van der Waals surface area contributed by atoms with E-state index in [0.29, 0.717) is 10.1 Å². The molecule has 0 unspecified atom stereocenters. The van der Waals surface area contributed by atoms with Crippen LogP contribution in [0.15, 0.2) is 18.2 Å². The summed E-state index contributed by atoms with van der Waals surface area (Å²) in [4.78, 5) is 11.1. The summed E-state index contributed by atoms with van der Waals surface area (Å²) in [6.45, 7) is 0. The molecule has 0 atom stereocenters. The summed E-state index contributed by atoms with van der Waals surface area (Å²) in [5, 5.41) is 0. The van der Waals surface area contributed by atoms with Crippen LogP contribution in [0, 0.1) is 5.82 Å². The van der Waals surface area contributed by atoms with Crippen molar-refractivity contribution in [1.29, 1.82) is 0 Å². The minimum Gasteiger partial charge on any atom is -0.398 e. The summed E-state index contributed by atoms with van der Waals surface area (Å²) >= 11 is 1.92. The molecule has 1 aromatic carbocycles. The molecule has 0 saturated carbocycles. The predicted molar refractivity (Wildman–Crippen MR) is 54.0 cm³/mol. The zero-order chi connectivity index (χ0) is 9.14. The van der Waals surface area contributed by atoms with E-state index in [1.54, 1.807) is 0 Å². The van der Waals surface area contributed by atoms with Crippen molar-refractivity contribution in [2.24, 2.45) is 0 Å². The lowest BCUT2D eigenvalue weighted by Gasteiger charge is -2.01. The zero-order valence-corrected chi connectivity index (χ0v) is 8.34. The van der Waals surface area contributed by atoms with Crippen LogP contribution in [0.5, 0.6) is 0 Å². The Balaban J connectivity index is 3.13. The number of hydrogen-bond acceptors (Lipinski definition) is 2. The van der Waals surface area contributed by atoms with E-state index < -0.39 is 5.82 Å². The molecule has 0 bridgehead atoms. The van der Waals surface area contributed by atoms with E-state index in [1.165, 1.54) is 12.1 Å². The molecule has 0 heterocycles. The number of benzene rings is 1. The number of rotatable bonds is 2. The fraction of sp³-hybridized carbons (Fsp3) is 0.125. The quantitative estimate of drug-likeness (QED) is 0.389. The zero-order valence-electron chi connectivity index (χ0n) is 6.18. The number of alkyl halides is 1. The summed E-state index contributed by atoms with van der Waals surface area (Å²) < 4.78 is 12.9. The largest absolute Gasteiger partial charge is 0.398 e. The molecule has 0 saturated heterocycles. The van der Waals surface area contributed by atoms with Crippen LogP contribution in [0.4, 0.5) is 10.1 Å². The molecule has 2 nitrogen and oxygen atoms in total. The number of carbonyl (C=O) groups excluding carboxylic acids is 1. The average molecular weight is 279 g/mol. The van der Waals surface area contributed by atoms with Crippen molar-refractivity contribution in [1.82, 2.24) is 0 Å². The van der Waals surface area contributed by atoms with Crippen molar-refractivity contribution in [2.75, 3.05) is 10.2 Å². The van der Waals surface area contributed by atoms with Crippen molar-refractivity contribution < 1.29 is 9.18 Å². The third kappa shape index (κ3) is 1.94. The van der Waals surface area contributed by atoms with Gasteiger partial charge < -0.3 is 5.73 Å². The average Bonchev–Trinajstić information content (AvgIpc) is 2.08. The number of Topliss-reactive ketones (excluding diaryl/α,β-unsaturated/α-hetero) is 1. The minimum atomic E-state index is -0.433. The highest BCUT2D eigenvalue weighted by atomic mass is 127. The van der Waals surface area contributed by atoms with Crippen molar-refractivity contribution in [3.05, 3.63) is 29.6 Å². The maximum atomic E-state index is 12.6. The van der Waals surface area contributed by atoms with E-state index in [-0.39, 0.29) is 11.3 Å². The molecule has 2 N–H and O–H groups in total. The van der Waals surface area contributed by atoms with Crippen molar-refractivity contribution in [3.8, 4) is 0 Å². The van der Waals surface area contributed by atoms with E-state index in [9.17, 15) is 9.18 Å². The standard InChI is InChI=1S/C8H7FINO/c9-5-1-2-7(11)6(3-5)8(12)4-10/h1-3H,4,11H2. The Labute approximate surface area is 83.1 Å². The molecular formula is C8H7FINO. The first-order valence-electron chi connectivity index (χ1n) is 3.29. The van der Waals surface area contributed by atoms with E-state index in [0.717, 1.165) is 6.07 Å². The smallest absolute Gasteiger partial charge is 0.174 e. The van der Waals surface area contributed by atoms with Crippen LogP contribution in [0.1, 0.15) is 10.4 Å². The maximum Gasteiger partial charge on any atom is 0.174 e. The highest BCUT2D eigenvalue weighted by Crippen LogP contribution is 2.14.